The second-order valence-corrected chi connectivity index (χ2v) is 5.79. The molecule has 0 aromatic carbocycles. The van der Waals surface area contributed by atoms with Gasteiger partial charge >= 0.3 is 0 Å². The van der Waals surface area contributed by atoms with Crippen LogP contribution < -0.4 is 0 Å². The molecule has 0 aliphatic carbocycles. The predicted octanol–water partition coefficient (Wildman–Crippen LogP) is 4.12. The molecule has 0 saturated carbocycles. The van der Waals surface area contributed by atoms with E-state index in [1.165, 1.54) is 17.8 Å². The molecule has 4 heteroatoms. The fourth-order valence-electron chi connectivity index (χ4n) is 0.801. The minimum absolute atomic E-state index is 0.253. The highest BCUT2D eigenvalue weighted by Gasteiger charge is 2.13. The fourth-order valence-corrected chi connectivity index (χ4v) is 2.01. The number of hydrogen-bond acceptors (Lipinski definition) is 2. The van der Waals surface area contributed by atoms with E-state index in [-0.39, 0.29) is 5.82 Å². The minimum Gasteiger partial charge on any atom is -0.246 e. The Hall–Kier alpha value is -0.0900. The maximum absolute atomic E-state index is 13.4. The van der Waals surface area contributed by atoms with Gasteiger partial charge in [0.15, 0.2) is 5.82 Å². The van der Waals surface area contributed by atoms with E-state index in [0.29, 0.717) is 20.7 Å². The molecule has 0 spiro atoms. The lowest BCUT2D eigenvalue weighted by atomic mass is 10.2. The van der Waals surface area contributed by atoms with E-state index >= 15 is 0 Å². The fraction of sp³-hybridized carbons (Fsp3) is 0.500. The molecule has 1 aromatic heterocycles. The summed E-state index contributed by atoms with van der Waals surface area (Å²) in [5.74, 6) is 0.265. The number of pyridine rings is 1. The third kappa shape index (κ3) is 3.24. The first-order valence-corrected chi connectivity index (χ1v) is 6.15. The van der Waals surface area contributed by atoms with Crippen molar-refractivity contribution in [3.63, 3.8) is 0 Å². The van der Waals surface area contributed by atoms with Crippen LogP contribution in [0.25, 0.3) is 0 Å². The van der Waals surface area contributed by atoms with E-state index in [9.17, 15) is 4.39 Å². The third-order valence-corrected chi connectivity index (χ3v) is 3.88. The Bertz CT molecular complexity index is 317. The largest absolute Gasteiger partial charge is 0.246 e. The van der Waals surface area contributed by atoms with E-state index in [1.54, 1.807) is 6.20 Å². The number of halogens is 2. The summed E-state index contributed by atoms with van der Waals surface area (Å²) >= 11 is 4.66. The molecule has 0 amide bonds. The Morgan fingerprint density at radius 3 is 2.57 bits per heavy atom. The topological polar surface area (TPSA) is 12.9 Å². The smallest absolute Gasteiger partial charge is 0.156 e. The molecule has 0 saturated heterocycles. The third-order valence-electron chi connectivity index (χ3n) is 2.01. The lowest BCUT2D eigenvalue weighted by Crippen LogP contribution is -2.06. The monoisotopic (exact) mass is 277 g/mol. The van der Waals surface area contributed by atoms with Crippen LogP contribution in [0.15, 0.2) is 21.8 Å². The van der Waals surface area contributed by atoms with Gasteiger partial charge in [-0.25, -0.2) is 9.37 Å². The molecular formula is C10H13BrFNS. The number of nitrogens with zero attached hydrogens (tertiary/aromatic N) is 1. The standard InChI is InChI=1S/C10H13BrFNS/c1-6(2)7(3)14-10-9(12)4-8(11)5-13-10/h4-7H,1-3H3. The molecule has 1 atom stereocenters. The van der Waals surface area contributed by atoms with Crippen LogP contribution in [-0.4, -0.2) is 10.2 Å². The summed E-state index contributed by atoms with van der Waals surface area (Å²) in [4.78, 5) is 4.04. The summed E-state index contributed by atoms with van der Waals surface area (Å²) in [6, 6.07) is 1.45. The summed E-state index contributed by atoms with van der Waals surface area (Å²) < 4.78 is 14.0. The van der Waals surface area contributed by atoms with Gasteiger partial charge in [-0.3, -0.25) is 0 Å². The van der Waals surface area contributed by atoms with Gasteiger partial charge in [0, 0.05) is 15.9 Å². The molecule has 14 heavy (non-hydrogen) atoms. The predicted molar refractivity (Wildman–Crippen MR) is 62.1 cm³/mol. The van der Waals surface area contributed by atoms with E-state index in [2.05, 4.69) is 41.7 Å². The molecule has 1 heterocycles. The molecule has 0 aliphatic rings. The van der Waals surface area contributed by atoms with Crippen LogP contribution in [0.2, 0.25) is 0 Å². The molecule has 0 N–H and O–H groups in total. The summed E-state index contributed by atoms with van der Waals surface area (Å²) in [5.41, 5.74) is 0. The van der Waals surface area contributed by atoms with E-state index in [0.717, 1.165) is 0 Å². The van der Waals surface area contributed by atoms with Crippen molar-refractivity contribution in [2.45, 2.75) is 31.0 Å². The highest BCUT2D eigenvalue weighted by Crippen LogP contribution is 2.28. The molecular weight excluding hydrogens is 265 g/mol. The quantitative estimate of drug-likeness (QED) is 0.771. The van der Waals surface area contributed by atoms with Gasteiger partial charge in [-0.05, 0) is 27.9 Å². The van der Waals surface area contributed by atoms with E-state index < -0.39 is 0 Å². The summed E-state index contributed by atoms with van der Waals surface area (Å²) in [5, 5.41) is 0.854. The second-order valence-electron chi connectivity index (χ2n) is 3.51. The van der Waals surface area contributed by atoms with Crippen molar-refractivity contribution in [2.24, 2.45) is 5.92 Å². The van der Waals surface area contributed by atoms with Gasteiger partial charge in [0.1, 0.15) is 5.03 Å². The first-order valence-electron chi connectivity index (χ1n) is 4.48. The normalized spacial score (nSPS) is 13.3. The van der Waals surface area contributed by atoms with Gasteiger partial charge < -0.3 is 0 Å². The Labute approximate surface area is 96.6 Å². The first kappa shape index (κ1) is 12.0. The maximum Gasteiger partial charge on any atom is 0.156 e. The molecule has 1 aromatic rings. The molecule has 78 valence electrons. The number of rotatable bonds is 3. The van der Waals surface area contributed by atoms with Crippen LogP contribution in [0.5, 0.6) is 0 Å². The van der Waals surface area contributed by atoms with Crippen molar-refractivity contribution in [1.29, 1.82) is 0 Å². The van der Waals surface area contributed by atoms with Gasteiger partial charge in [0.2, 0.25) is 0 Å². The Kier molecular flexibility index (Phi) is 4.38. The van der Waals surface area contributed by atoms with Crippen LogP contribution in [0.3, 0.4) is 0 Å². The van der Waals surface area contributed by atoms with Crippen LogP contribution in [0.1, 0.15) is 20.8 Å². The van der Waals surface area contributed by atoms with Crippen LogP contribution >= 0.6 is 27.7 Å². The summed E-state index contributed by atoms with van der Waals surface area (Å²) in [7, 11) is 0. The van der Waals surface area contributed by atoms with Crippen LogP contribution in [0, 0.1) is 11.7 Å². The van der Waals surface area contributed by atoms with Gasteiger partial charge in [-0.2, -0.15) is 0 Å². The van der Waals surface area contributed by atoms with Gasteiger partial charge in [0.25, 0.3) is 0 Å². The first-order chi connectivity index (χ1) is 6.50. The van der Waals surface area contributed by atoms with Crippen molar-refractivity contribution in [3.05, 3.63) is 22.6 Å². The van der Waals surface area contributed by atoms with Crippen molar-refractivity contribution < 1.29 is 4.39 Å². The highest BCUT2D eigenvalue weighted by molar-refractivity contribution is 9.10. The zero-order valence-electron chi connectivity index (χ0n) is 8.42. The molecule has 0 radical (unpaired) electrons. The van der Waals surface area contributed by atoms with Gasteiger partial charge in [0.05, 0.1) is 0 Å². The molecule has 0 bridgehead atoms. The number of aromatic nitrogens is 1. The molecule has 0 fully saturated rings. The molecule has 0 aliphatic heterocycles. The second kappa shape index (κ2) is 5.12. The van der Waals surface area contributed by atoms with E-state index in [1.807, 2.05) is 0 Å². The lowest BCUT2D eigenvalue weighted by molar-refractivity contribution is 0.582. The lowest BCUT2D eigenvalue weighted by Gasteiger charge is -2.14. The SMILES string of the molecule is CC(C)C(C)Sc1ncc(Br)cc1F. The summed E-state index contributed by atoms with van der Waals surface area (Å²) in [6.45, 7) is 6.32. The van der Waals surface area contributed by atoms with Crippen LogP contribution in [0.4, 0.5) is 4.39 Å². The molecule has 1 rings (SSSR count). The number of hydrogen-bond donors (Lipinski definition) is 0. The van der Waals surface area contributed by atoms with Crippen molar-refractivity contribution in [1.82, 2.24) is 4.98 Å². The number of thioether (sulfide) groups is 1. The van der Waals surface area contributed by atoms with E-state index in [4.69, 9.17) is 0 Å². The Balaban J connectivity index is 2.77. The molecule has 1 nitrogen and oxygen atoms in total. The zero-order chi connectivity index (χ0) is 10.7. The van der Waals surface area contributed by atoms with Crippen LogP contribution in [-0.2, 0) is 0 Å². The Morgan fingerprint density at radius 2 is 2.07 bits per heavy atom. The van der Waals surface area contributed by atoms with Crippen molar-refractivity contribution in [3.8, 4) is 0 Å². The average molecular weight is 278 g/mol. The zero-order valence-corrected chi connectivity index (χ0v) is 10.8. The van der Waals surface area contributed by atoms with Crippen molar-refractivity contribution in [2.75, 3.05) is 0 Å². The Morgan fingerprint density at radius 1 is 1.43 bits per heavy atom. The summed E-state index contributed by atoms with van der Waals surface area (Å²) in [6.07, 6.45) is 1.62. The van der Waals surface area contributed by atoms with Gasteiger partial charge in [-0.1, -0.05) is 20.8 Å². The van der Waals surface area contributed by atoms with Crippen molar-refractivity contribution >= 4 is 27.7 Å². The maximum atomic E-state index is 13.4. The average Bonchev–Trinajstić information content (AvgIpc) is 2.09. The minimum atomic E-state index is -0.253. The molecule has 1 unspecified atom stereocenters. The van der Waals surface area contributed by atoms with Gasteiger partial charge in [-0.15, -0.1) is 11.8 Å². The highest BCUT2D eigenvalue weighted by atomic mass is 79.9.